The van der Waals surface area contributed by atoms with Crippen LogP contribution in [-0.4, -0.2) is 23.3 Å². The molecular formula is C21H23N3O3S. The van der Waals surface area contributed by atoms with Crippen molar-refractivity contribution in [3.63, 3.8) is 0 Å². The fourth-order valence-corrected chi connectivity index (χ4v) is 3.42. The molecule has 7 heteroatoms. The number of rotatable bonds is 8. The zero-order valence-electron chi connectivity index (χ0n) is 15.9. The Bertz CT molecular complexity index is 915. The Morgan fingerprint density at radius 2 is 1.89 bits per heavy atom. The molecule has 0 radical (unpaired) electrons. The Balaban J connectivity index is 1.46. The summed E-state index contributed by atoms with van der Waals surface area (Å²) in [5.74, 6) is 0.645. The lowest BCUT2D eigenvalue weighted by molar-refractivity contribution is -0.125. The second kappa shape index (κ2) is 9.32. The molecule has 2 aromatic heterocycles. The lowest BCUT2D eigenvalue weighted by atomic mass is 10.0. The maximum absolute atomic E-state index is 12.1. The molecular weight excluding hydrogens is 374 g/mol. The minimum atomic E-state index is -0.269. The summed E-state index contributed by atoms with van der Waals surface area (Å²) in [6, 6.07) is 11.9. The molecule has 0 saturated carbocycles. The van der Waals surface area contributed by atoms with E-state index in [0.29, 0.717) is 23.9 Å². The fourth-order valence-electron chi connectivity index (χ4n) is 2.60. The lowest BCUT2D eigenvalue weighted by Gasteiger charge is -2.05. The first-order valence-electron chi connectivity index (χ1n) is 9.12. The average Bonchev–Trinajstić information content (AvgIpc) is 3.37. The number of nitrogens with one attached hydrogen (secondary N) is 2. The highest BCUT2D eigenvalue weighted by molar-refractivity contribution is 7.13. The highest BCUT2D eigenvalue weighted by Crippen LogP contribution is 2.25. The molecule has 0 bridgehead atoms. The van der Waals surface area contributed by atoms with Crippen LogP contribution < -0.4 is 10.6 Å². The molecule has 0 fully saturated rings. The molecule has 0 aliphatic rings. The summed E-state index contributed by atoms with van der Waals surface area (Å²) in [6.07, 6.45) is 1.69. The summed E-state index contributed by atoms with van der Waals surface area (Å²) in [6.45, 7) is 4.54. The van der Waals surface area contributed by atoms with Crippen LogP contribution in [0.15, 0.2) is 52.5 Å². The molecule has 0 aliphatic carbocycles. The predicted molar refractivity (Wildman–Crippen MR) is 109 cm³/mol. The first-order chi connectivity index (χ1) is 13.5. The fraction of sp³-hybridized carbons (Fsp3) is 0.286. The van der Waals surface area contributed by atoms with E-state index in [1.54, 1.807) is 18.4 Å². The van der Waals surface area contributed by atoms with Crippen molar-refractivity contribution < 1.29 is 14.0 Å². The summed E-state index contributed by atoms with van der Waals surface area (Å²) >= 11 is 1.51. The van der Waals surface area contributed by atoms with Crippen LogP contribution >= 0.6 is 11.3 Å². The highest BCUT2D eigenvalue weighted by atomic mass is 32.1. The topological polar surface area (TPSA) is 84.2 Å². The largest absolute Gasteiger partial charge is 0.467 e. The number of carbonyl (C=O) groups is 2. The van der Waals surface area contributed by atoms with Crippen molar-refractivity contribution in [2.24, 2.45) is 0 Å². The number of hydrogen-bond donors (Lipinski definition) is 2. The van der Waals surface area contributed by atoms with Crippen molar-refractivity contribution >= 4 is 23.2 Å². The minimum absolute atomic E-state index is 0.0762. The van der Waals surface area contributed by atoms with Crippen LogP contribution in [0.2, 0.25) is 0 Å². The van der Waals surface area contributed by atoms with Gasteiger partial charge in [0.1, 0.15) is 10.8 Å². The van der Waals surface area contributed by atoms with E-state index in [-0.39, 0.29) is 24.8 Å². The zero-order valence-corrected chi connectivity index (χ0v) is 16.7. The van der Waals surface area contributed by atoms with Gasteiger partial charge in [-0.1, -0.05) is 38.1 Å². The molecule has 146 valence electrons. The average molecular weight is 398 g/mol. The van der Waals surface area contributed by atoms with Crippen LogP contribution in [0.25, 0.3) is 10.6 Å². The third-order valence-electron chi connectivity index (χ3n) is 4.20. The Morgan fingerprint density at radius 3 is 2.57 bits per heavy atom. The molecule has 0 spiro atoms. The van der Waals surface area contributed by atoms with Crippen molar-refractivity contribution in [1.82, 2.24) is 15.6 Å². The van der Waals surface area contributed by atoms with Gasteiger partial charge in [-0.25, -0.2) is 4.98 Å². The van der Waals surface area contributed by atoms with E-state index in [9.17, 15) is 9.59 Å². The van der Waals surface area contributed by atoms with Gasteiger partial charge in [0.05, 0.1) is 31.5 Å². The van der Waals surface area contributed by atoms with E-state index < -0.39 is 0 Å². The Labute approximate surface area is 168 Å². The first kappa shape index (κ1) is 19.8. The molecule has 0 unspecified atom stereocenters. The number of hydrogen-bond acceptors (Lipinski definition) is 5. The molecule has 0 saturated heterocycles. The number of benzene rings is 1. The second-order valence-corrected chi connectivity index (χ2v) is 7.59. The summed E-state index contributed by atoms with van der Waals surface area (Å²) in [5, 5.41) is 8.06. The SMILES string of the molecule is CC(C)c1ccc(-c2nc(CC(=O)NCC(=O)NCc3ccco3)cs2)cc1. The van der Waals surface area contributed by atoms with Crippen molar-refractivity contribution in [1.29, 1.82) is 0 Å². The summed E-state index contributed by atoms with van der Waals surface area (Å²) in [5.41, 5.74) is 3.02. The van der Waals surface area contributed by atoms with Crippen LogP contribution in [-0.2, 0) is 22.6 Å². The van der Waals surface area contributed by atoms with Crippen LogP contribution in [0, 0.1) is 0 Å². The highest BCUT2D eigenvalue weighted by Gasteiger charge is 2.11. The monoisotopic (exact) mass is 397 g/mol. The van der Waals surface area contributed by atoms with Gasteiger partial charge in [-0.3, -0.25) is 9.59 Å². The summed E-state index contributed by atoms with van der Waals surface area (Å²) in [7, 11) is 0. The second-order valence-electron chi connectivity index (χ2n) is 6.73. The molecule has 2 heterocycles. The molecule has 2 amide bonds. The third kappa shape index (κ3) is 5.53. The summed E-state index contributed by atoms with van der Waals surface area (Å²) in [4.78, 5) is 28.4. The molecule has 3 aromatic rings. The van der Waals surface area contributed by atoms with E-state index in [0.717, 1.165) is 10.6 Å². The molecule has 0 aliphatic heterocycles. The summed E-state index contributed by atoms with van der Waals surface area (Å²) < 4.78 is 5.14. The number of amides is 2. The van der Waals surface area contributed by atoms with Gasteiger partial charge in [-0.2, -0.15) is 0 Å². The lowest BCUT2D eigenvalue weighted by Crippen LogP contribution is -2.37. The number of furan rings is 1. The van der Waals surface area contributed by atoms with E-state index in [4.69, 9.17) is 4.42 Å². The van der Waals surface area contributed by atoms with Crippen molar-refractivity contribution in [3.8, 4) is 10.6 Å². The van der Waals surface area contributed by atoms with E-state index in [1.165, 1.54) is 16.9 Å². The Morgan fingerprint density at radius 1 is 1.11 bits per heavy atom. The van der Waals surface area contributed by atoms with Crippen molar-refractivity contribution in [2.75, 3.05) is 6.54 Å². The number of nitrogens with zero attached hydrogens (tertiary/aromatic N) is 1. The molecule has 3 rings (SSSR count). The molecule has 28 heavy (non-hydrogen) atoms. The molecule has 2 N–H and O–H groups in total. The predicted octanol–water partition coefficient (Wildman–Crippen LogP) is 3.50. The van der Waals surface area contributed by atoms with Gasteiger partial charge in [0.25, 0.3) is 0 Å². The minimum Gasteiger partial charge on any atom is -0.467 e. The molecule has 0 atom stereocenters. The van der Waals surface area contributed by atoms with Crippen molar-refractivity contribution in [3.05, 3.63) is 65.1 Å². The van der Waals surface area contributed by atoms with Crippen molar-refractivity contribution in [2.45, 2.75) is 32.7 Å². The van der Waals surface area contributed by atoms with E-state index in [2.05, 4.69) is 53.7 Å². The van der Waals surface area contributed by atoms with Crippen LogP contribution in [0.4, 0.5) is 0 Å². The zero-order chi connectivity index (χ0) is 19.9. The van der Waals surface area contributed by atoms with Gasteiger partial charge in [-0.05, 0) is 23.6 Å². The van der Waals surface area contributed by atoms with Crippen LogP contribution in [0.1, 0.15) is 36.8 Å². The number of carbonyl (C=O) groups excluding carboxylic acids is 2. The van der Waals surface area contributed by atoms with Gasteiger partial charge >= 0.3 is 0 Å². The van der Waals surface area contributed by atoms with Crippen LogP contribution in [0.3, 0.4) is 0 Å². The standard InChI is InChI=1S/C21H23N3O3S/c1-14(2)15-5-7-16(8-6-15)21-24-17(13-28-21)10-19(25)23-12-20(26)22-11-18-4-3-9-27-18/h3-9,13-14H,10-12H2,1-2H3,(H,22,26)(H,23,25). The van der Waals surface area contributed by atoms with Crippen LogP contribution in [0.5, 0.6) is 0 Å². The third-order valence-corrected chi connectivity index (χ3v) is 5.14. The van der Waals surface area contributed by atoms with Gasteiger partial charge in [0.2, 0.25) is 11.8 Å². The first-order valence-corrected chi connectivity index (χ1v) is 9.99. The Kier molecular flexibility index (Phi) is 6.60. The Hall–Kier alpha value is -2.93. The molecule has 1 aromatic carbocycles. The normalized spacial score (nSPS) is 10.8. The van der Waals surface area contributed by atoms with Gasteiger partial charge < -0.3 is 15.1 Å². The quantitative estimate of drug-likeness (QED) is 0.609. The smallest absolute Gasteiger partial charge is 0.239 e. The maximum atomic E-state index is 12.1. The number of aromatic nitrogens is 1. The maximum Gasteiger partial charge on any atom is 0.239 e. The van der Waals surface area contributed by atoms with E-state index in [1.807, 2.05) is 5.38 Å². The van der Waals surface area contributed by atoms with E-state index >= 15 is 0 Å². The van der Waals surface area contributed by atoms with Gasteiger partial charge in [0, 0.05) is 10.9 Å². The molecule has 6 nitrogen and oxygen atoms in total. The number of thiazole rings is 1. The van der Waals surface area contributed by atoms with Gasteiger partial charge in [0.15, 0.2) is 0 Å². The van der Waals surface area contributed by atoms with Gasteiger partial charge in [-0.15, -0.1) is 11.3 Å².